The van der Waals surface area contributed by atoms with Gasteiger partial charge in [-0.3, -0.25) is 0 Å². The average Bonchev–Trinajstić information content (AvgIpc) is 3.67. The second-order valence-corrected chi connectivity index (χ2v) is 18.2. The Kier molecular flexibility index (Phi) is 9.04. The van der Waals surface area contributed by atoms with Crippen LogP contribution in [0.15, 0.2) is 72.9 Å². The van der Waals surface area contributed by atoms with Gasteiger partial charge in [-0.1, -0.05) is 68.2 Å². The highest BCUT2D eigenvalue weighted by molar-refractivity contribution is 6.76. The van der Waals surface area contributed by atoms with Gasteiger partial charge in [0.25, 0.3) is 0 Å². The maximum absolute atomic E-state index is 6.17. The molecule has 45 heavy (non-hydrogen) atoms. The third-order valence-corrected chi connectivity index (χ3v) is 9.76. The van der Waals surface area contributed by atoms with Gasteiger partial charge in [0.05, 0.1) is 25.3 Å². The van der Waals surface area contributed by atoms with E-state index in [4.69, 9.17) is 29.4 Å². The van der Waals surface area contributed by atoms with Crippen LogP contribution in [0.1, 0.15) is 31.2 Å². The first-order chi connectivity index (χ1) is 21.8. The summed E-state index contributed by atoms with van der Waals surface area (Å²) >= 11 is 0. The third-order valence-electron chi connectivity index (χ3n) is 8.06. The molecule has 0 fully saturated rings. The van der Waals surface area contributed by atoms with Crippen molar-refractivity contribution in [2.75, 3.05) is 26.1 Å². The van der Waals surface area contributed by atoms with Gasteiger partial charge < -0.3 is 19.5 Å². The molecule has 0 aliphatic heterocycles. The Balaban J connectivity index is 1.48. The molecule has 1 aliphatic carbocycles. The van der Waals surface area contributed by atoms with E-state index < -0.39 is 8.07 Å². The van der Waals surface area contributed by atoms with Gasteiger partial charge >= 0.3 is 0 Å². The first-order valence-electron chi connectivity index (χ1n) is 15.6. The molecule has 10 heteroatoms. The van der Waals surface area contributed by atoms with Gasteiger partial charge in [0.1, 0.15) is 24.0 Å². The number of ether oxygens (including phenoxy) is 3. The van der Waals surface area contributed by atoms with Gasteiger partial charge in [-0.25, -0.2) is 9.67 Å². The zero-order valence-corrected chi connectivity index (χ0v) is 27.8. The lowest BCUT2D eigenvalue weighted by Gasteiger charge is -2.17. The number of nitrogens with one attached hydrogen (secondary N) is 1. The SMILES string of the molecule is COc1ccc(-c2c(Nc3ccn(COCC[Si](C)(C)C)n3)nc3c(C4=CCCCC4)c(-c4ccccc4)nn3c2OC)cc1. The smallest absolute Gasteiger partial charge is 0.228 e. The van der Waals surface area contributed by atoms with Crippen LogP contribution in [0.4, 0.5) is 11.6 Å². The van der Waals surface area contributed by atoms with E-state index in [1.165, 1.54) is 12.0 Å². The van der Waals surface area contributed by atoms with Crippen molar-refractivity contribution in [2.24, 2.45) is 0 Å². The number of benzene rings is 2. The second-order valence-electron chi connectivity index (χ2n) is 12.6. The first-order valence-corrected chi connectivity index (χ1v) is 19.3. The molecule has 234 valence electrons. The van der Waals surface area contributed by atoms with Crippen LogP contribution in [0.3, 0.4) is 0 Å². The lowest BCUT2D eigenvalue weighted by Crippen LogP contribution is -2.22. The van der Waals surface area contributed by atoms with Crippen molar-refractivity contribution in [2.45, 2.75) is 58.1 Å². The Morgan fingerprint density at radius 3 is 2.36 bits per heavy atom. The largest absolute Gasteiger partial charge is 0.497 e. The van der Waals surface area contributed by atoms with Crippen LogP contribution in [0.25, 0.3) is 33.6 Å². The molecule has 5 aromatic rings. The minimum Gasteiger partial charge on any atom is -0.497 e. The van der Waals surface area contributed by atoms with Crippen LogP contribution in [-0.2, 0) is 11.5 Å². The molecule has 9 nitrogen and oxygen atoms in total. The summed E-state index contributed by atoms with van der Waals surface area (Å²) in [6.45, 7) is 8.19. The van der Waals surface area contributed by atoms with E-state index in [1.807, 2.05) is 59.2 Å². The molecule has 1 aliphatic rings. The number of aromatic nitrogens is 5. The van der Waals surface area contributed by atoms with E-state index in [9.17, 15) is 0 Å². The van der Waals surface area contributed by atoms with Crippen molar-refractivity contribution in [1.29, 1.82) is 0 Å². The van der Waals surface area contributed by atoms with Crippen molar-refractivity contribution in [3.63, 3.8) is 0 Å². The number of hydrogen-bond acceptors (Lipinski definition) is 7. The molecule has 0 bridgehead atoms. The van der Waals surface area contributed by atoms with Gasteiger partial charge in [-0.2, -0.15) is 14.7 Å². The number of hydrogen-bond donors (Lipinski definition) is 1. The van der Waals surface area contributed by atoms with Crippen molar-refractivity contribution in [3.05, 3.63) is 78.5 Å². The van der Waals surface area contributed by atoms with Gasteiger partial charge in [-0.15, -0.1) is 0 Å². The van der Waals surface area contributed by atoms with E-state index in [0.717, 1.165) is 71.3 Å². The zero-order valence-electron chi connectivity index (χ0n) is 26.8. The van der Waals surface area contributed by atoms with Crippen molar-refractivity contribution >= 4 is 30.9 Å². The number of nitrogens with zero attached hydrogens (tertiary/aromatic N) is 5. The summed E-state index contributed by atoms with van der Waals surface area (Å²) in [5.41, 5.74) is 6.69. The number of fused-ring (bicyclic) bond motifs is 1. The molecule has 0 saturated heterocycles. The molecule has 0 amide bonds. The first kappa shape index (κ1) is 30.6. The summed E-state index contributed by atoms with van der Waals surface area (Å²) in [5, 5.41) is 13.4. The fraction of sp³-hybridized carbons (Fsp3) is 0.343. The number of methoxy groups -OCH3 is 2. The van der Waals surface area contributed by atoms with E-state index >= 15 is 0 Å². The molecule has 0 saturated carbocycles. The van der Waals surface area contributed by atoms with Crippen molar-refractivity contribution < 1.29 is 14.2 Å². The number of rotatable bonds is 12. The Morgan fingerprint density at radius 1 is 0.867 bits per heavy atom. The van der Waals surface area contributed by atoms with Gasteiger partial charge in [0, 0.05) is 32.5 Å². The second kappa shape index (κ2) is 13.3. The summed E-state index contributed by atoms with van der Waals surface area (Å²) < 4.78 is 21.2. The van der Waals surface area contributed by atoms with Crippen molar-refractivity contribution in [1.82, 2.24) is 24.4 Å². The third kappa shape index (κ3) is 6.82. The number of allylic oxidation sites excluding steroid dienone is 2. The Morgan fingerprint density at radius 2 is 1.67 bits per heavy atom. The predicted octanol–water partition coefficient (Wildman–Crippen LogP) is 8.29. The Bertz CT molecular complexity index is 1790. The minimum atomic E-state index is -1.16. The zero-order chi connectivity index (χ0) is 31.4. The van der Waals surface area contributed by atoms with E-state index in [1.54, 1.807) is 18.9 Å². The van der Waals surface area contributed by atoms with Gasteiger partial charge in [-0.05, 0) is 55.0 Å². The van der Waals surface area contributed by atoms with E-state index in [2.05, 4.69) is 43.2 Å². The summed E-state index contributed by atoms with van der Waals surface area (Å²) in [7, 11) is 2.19. The average molecular weight is 623 g/mol. The normalized spacial score (nSPS) is 13.6. The maximum Gasteiger partial charge on any atom is 0.228 e. The maximum atomic E-state index is 6.17. The molecule has 3 aromatic heterocycles. The molecule has 1 N–H and O–H groups in total. The van der Waals surface area contributed by atoms with E-state index in [-0.39, 0.29) is 0 Å². The summed E-state index contributed by atoms with van der Waals surface area (Å²) in [4.78, 5) is 5.29. The highest BCUT2D eigenvalue weighted by Gasteiger charge is 2.27. The minimum absolute atomic E-state index is 0.397. The van der Waals surface area contributed by atoms with Crippen molar-refractivity contribution in [3.8, 4) is 34.0 Å². The summed E-state index contributed by atoms with van der Waals surface area (Å²) in [5.74, 6) is 2.65. The van der Waals surface area contributed by atoms with Crippen LogP contribution >= 0.6 is 0 Å². The molecule has 6 rings (SSSR count). The predicted molar refractivity (Wildman–Crippen MR) is 183 cm³/mol. The van der Waals surface area contributed by atoms with Crippen LogP contribution in [0.2, 0.25) is 25.7 Å². The molecule has 3 heterocycles. The Hall–Kier alpha value is -4.41. The molecule has 0 unspecified atom stereocenters. The fourth-order valence-electron chi connectivity index (χ4n) is 5.64. The standard InChI is InChI=1S/C35H42N6O3Si/c1-42-28-18-16-26(17-19-28)31-33(36-29-20-21-40(38-29)24-44-22-23-45(3,4)5)37-34-30(25-12-8-6-9-13-25)32(27-14-10-7-11-15-27)39-41(34)35(31)43-2/h7,10-12,14-21H,6,8-9,13,22-24H2,1-5H3,(H,36,37,38). The van der Waals surface area contributed by atoms with E-state index in [0.29, 0.717) is 24.2 Å². The van der Waals surface area contributed by atoms with Gasteiger partial charge in [0.15, 0.2) is 11.5 Å². The Labute approximate surface area is 265 Å². The molecular weight excluding hydrogens is 581 g/mol. The highest BCUT2D eigenvalue weighted by atomic mass is 28.3. The van der Waals surface area contributed by atoms with Crippen LogP contribution in [0.5, 0.6) is 11.6 Å². The quantitative estimate of drug-likeness (QED) is 0.111. The topological polar surface area (TPSA) is 87.7 Å². The highest BCUT2D eigenvalue weighted by Crippen LogP contribution is 2.43. The lowest BCUT2D eigenvalue weighted by atomic mass is 9.92. The molecule has 0 spiro atoms. The van der Waals surface area contributed by atoms with Crippen LogP contribution in [-0.4, -0.2) is 53.3 Å². The monoisotopic (exact) mass is 622 g/mol. The molecular formula is C35H42N6O3Si. The molecule has 0 radical (unpaired) electrons. The fourth-order valence-corrected chi connectivity index (χ4v) is 6.39. The summed E-state index contributed by atoms with van der Waals surface area (Å²) in [6.07, 6.45) is 8.63. The van der Waals surface area contributed by atoms with Crippen LogP contribution in [0, 0.1) is 0 Å². The molecule has 0 atom stereocenters. The lowest BCUT2D eigenvalue weighted by molar-refractivity contribution is 0.0788. The number of anilines is 2. The molecule has 2 aromatic carbocycles. The van der Waals surface area contributed by atoms with Crippen LogP contribution < -0.4 is 14.8 Å². The summed E-state index contributed by atoms with van der Waals surface area (Å²) in [6, 6.07) is 21.3. The van der Waals surface area contributed by atoms with Gasteiger partial charge in [0.2, 0.25) is 5.88 Å².